The molecule has 1 radical (unpaired) electrons. The van der Waals surface area contributed by atoms with Crippen molar-refractivity contribution in [3.05, 3.63) is 98.8 Å². The number of pyridine rings is 3. The van der Waals surface area contributed by atoms with E-state index in [1.807, 2.05) is 42.5 Å². The van der Waals surface area contributed by atoms with Crippen LogP contribution in [0.3, 0.4) is 0 Å². The molecule has 0 fully saturated rings. The average Bonchev–Trinajstić information content (AvgIpc) is 2.83. The molecule has 15 heteroatoms. The van der Waals surface area contributed by atoms with Gasteiger partial charge in [0.15, 0.2) is 0 Å². The Labute approximate surface area is 206 Å². The molecule has 3 aromatic heterocycles. The molecule has 0 aliphatic heterocycles. The fourth-order valence-electron chi connectivity index (χ4n) is 1.45. The van der Waals surface area contributed by atoms with Crippen LogP contribution in [0.2, 0.25) is 0 Å². The zero-order valence-electron chi connectivity index (χ0n) is 16.5. The summed E-state index contributed by atoms with van der Waals surface area (Å²) in [6, 6.07) is 16.9. The Hall–Kier alpha value is -2.78. The molecular formula is C19H12F6N4O3ReSb-. The molecule has 181 valence electrons. The van der Waals surface area contributed by atoms with Crippen LogP contribution in [0.4, 0.5) is 16.9 Å². The summed E-state index contributed by atoms with van der Waals surface area (Å²) in [5, 5.41) is 8.26. The van der Waals surface area contributed by atoms with E-state index in [1.165, 1.54) is 0 Å². The van der Waals surface area contributed by atoms with Crippen molar-refractivity contribution in [2.45, 2.75) is 0 Å². The quantitative estimate of drug-likeness (QED) is 0.148. The van der Waals surface area contributed by atoms with Gasteiger partial charge in [0.25, 0.3) is 0 Å². The fraction of sp³-hybridized carbons (Fsp3) is 0. The molecule has 0 bridgehead atoms. The first-order valence-electron chi connectivity index (χ1n) is 7.65. The van der Waals surface area contributed by atoms with Crippen LogP contribution in [0.25, 0.3) is 11.4 Å². The third kappa shape index (κ3) is 31.4. The molecule has 0 aliphatic rings. The van der Waals surface area contributed by atoms with Crippen LogP contribution in [0.1, 0.15) is 5.56 Å². The Morgan fingerprint density at radius 3 is 1.18 bits per heavy atom. The summed E-state index contributed by atoms with van der Waals surface area (Å²) in [6.07, 6.45) is 6.73. The number of nitriles is 1. The first-order chi connectivity index (χ1) is 15.3. The SMILES string of the molecule is N#Cc1ccncc1.[C-]#[O+].[C-]#[O+].[C-]#[O+].[F][Sb-]([F])([F])([F])([F])[F].[Re].c1ccc(-c2ccccn2)nc1. The van der Waals surface area contributed by atoms with Gasteiger partial charge in [-0.15, -0.1) is 0 Å². The maximum absolute atomic E-state index is 11.2. The van der Waals surface area contributed by atoms with Crippen molar-refractivity contribution >= 4 is 19.5 Å². The van der Waals surface area contributed by atoms with Crippen molar-refractivity contribution in [2.75, 3.05) is 0 Å². The van der Waals surface area contributed by atoms with Crippen molar-refractivity contribution in [3.8, 4) is 17.5 Å². The zero-order valence-corrected chi connectivity index (χ0v) is 21.8. The number of hydrogen-bond acceptors (Lipinski definition) is 4. The van der Waals surface area contributed by atoms with Gasteiger partial charge in [0.2, 0.25) is 0 Å². The van der Waals surface area contributed by atoms with Crippen molar-refractivity contribution in [3.63, 3.8) is 0 Å². The number of nitrogens with zero attached hydrogens (tertiary/aromatic N) is 4. The fourth-order valence-corrected chi connectivity index (χ4v) is 1.45. The second kappa shape index (κ2) is 18.6. The van der Waals surface area contributed by atoms with E-state index in [9.17, 15) is 16.9 Å². The molecule has 0 saturated carbocycles. The van der Waals surface area contributed by atoms with Crippen molar-refractivity contribution < 1.29 is 51.3 Å². The monoisotopic (exact) mass is 766 g/mol. The molecule has 0 atom stereocenters. The summed E-state index contributed by atoms with van der Waals surface area (Å²) >= 11 is -11.2. The summed E-state index contributed by atoms with van der Waals surface area (Å²) in [7, 11) is 0. The van der Waals surface area contributed by atoms with Gasteiger partial charge >= 0.3 is 70.3 Å². The summed E-state index contributed by atoms with van der Waals surface area (Å²) in [5.74, 6) is 0. The third-order valence-corrected chi connectivity index (χ3v) is 2.40. The van der Waals surface area contributed by atoms with Gasteiger partial charge < -0.3 is 0 Å². The Kier molecular flexibility index (Phi) is 21.1. The van der Waals surface area contributed by atoms with Crippen LogP contribution < -0.4 is 0 Å². The summed E-state index contributed by atoms with van der Waals surface area (Å²) in [5.41, 5.74) is 2.48. The smallest absolute Gasteiger partial charge is 0.0886 e. The second-order valence-electron chi connectivity index (χ2n) is 4.74. The average molecular weight is 766 g/mol. The molecule has 34 heavy (non-hydrogen) atoms. The van der Waals surface area contributed by atoms with E-state index in [4.69, 9.17) is 19.2 Å². The zero-order chi connectivity index (χ0) is 26.5. The summed E-state index contributed by atoms with van der Waals surface area (Å²) < 4.78 is 82.0. The minimum atomic E-state index is -11.2. The predicted octanol–water partition coefficient (Wildman–Crippen LogP) is 5.12. The van der Waals surface area contributed by atoms with E-state index in [0.717, 1.165) is 11.4 Å². The Balaban J connectivity index is -0.000000182. The first-order valence-corrected chi connectivity index (χ1v) is 13.4. The van der Waals surface area contributed by atoms with Crippen LogP contribution in [0.5, 0.6) is 0 Å². The van der Waals surface area contributed by atoms with Crippen molar-refractivity contribution in [1.29, 1.82) is 5.26 Å². The van der Waals surface area contributed by atoms with Gasteiger partial charge in [-0.1, -0.05) is 12.1 Å². The molecule has 3 heterocycles. The van der Waals surface area contributed by atoms with E-state index >= 15 is 0 Å². The van der Waals surface area contributed by atoms with E-state index in [0.29, 0.717) is 5.56 Å². The topological polar surface area (TPSA) is 122 Å². The van der Waals surface area contributed by atoms with E-state index in [-0.39, 0.29) is 20.4 Å². The minimum Gasteiger partial charge on any atom is -0.255 e. The molecule has 0 spiro atoms. The van der Waals surface area contributed by atoms with E-state index in [1.54, 1.807) is 36.9 Å². The molecule has 0 saturated heterocycles. The molecular weight excluding hydrogens is 754 g/mol. The molecule has 0 N–H and O–H groups in total. The van der Waals surface area contributed by atoms with Gasteiger partial charge in [-0.3, -0.25) is 15.0 Å². The predicted molar refractivity (Wildman–Crippen MR) is 101 cm³/mol. The molecule has 0 unspecified atom stereocenters. The van der Waals surface area contributed by atoms with Crippen molar-refractivity contribution in [1.82, 2.24) is 15.0 Å². The number of halogens is 6. The van der Waals surface area contributed by atoms with Gasteiger partial charge in [-0.05, 0) is 36.4 Å². The first kappa shape index (κ1) is 38.5. The molecule has 0 amide bonds. The van der Waals surface area contributed by atoms with Crippen LogP contribution in [-0.4, -0.2) is 34.4 Å². The molecule has 3 rings (SSSR count). The molecule has 0 aliphatic carbocycles. The third-order valence-electron chi connectivity index (χ3n) is 2.40. The summed E-state index contributed by atoms with van der Waals surface area (Å²) in [4.78, 5) is 12.1. The Bertz CT molecular complexity index is 953. The Morgan fingerprint density at radius 2 is 0.971 bits per heavy atom. The van der Waals surface area contributed by atoms with Crippen LogP contribution >= 0.6 is 0 Å². The minimum absolute atomic E-state index is 0. The maximum atomic E-state index is 9.93. The van der Waals surface area contributed by atoms with Gasteiger partial charge in [-0.25, -0.2) is 0 Å². The number of aromatic nitrogens is 3. The largest absolute Gasteiger partial charge is 0.255 e. The summed E-state index contributed by atoms with van der Waals surface area (Å²) in [6.45, 7) is 13.5. The van der Waals surface area contributed by atoms with Gasteiger partial charge in [0, 0.05) is 45.2 Å². The number of hydrogen-bond donors (Lipinski definition) is 0. The van der Waals surface area contributed by atoms with Crippen molar-refractivity contribution in [2.24, 2.45) is 0 Å². The maximum Gasteiger partial charge on any atom is 0.0886 e. The van der Waals surface area contributed by atoms with Gasteiger partial charge in [0.1, 0.15) is 0 Å². The van der Waals surface area contributed by atoms with Gasteiger partial charge in [-0.2, -0.15) is 5.26 Å². The van der Waals surface area contributed by atoms with E-state index < -0.39 is 19.5 Å². The molecule has 0 aromatic carbocycles. The standard InChI is InChI=1S/C10H8N2.C6H4N2.3CO.6FH.Re.Sb/c1-3-7-11-9(5-1)10-6-2-4-8-12-10;7-5-6-1-3-8-4-2-6;3*1-2;;;;;;;;/h1-8H;1-4H;;;;6*1H;;/q;;;;;;;;;;;;+5/p-6. The molecule has 7 nitrogen and oxygen atoms in total. The van der Waals surface area contributed by atoms with E-state index in [2.05, 4.69) is 34.9 Å². The van der Waals surface area contributed by atoms with Crippen LogP contribution in [-0.2, 0) is 34.4 Å². The Morgan fingerprint density at radius 1 is 0.647 bits per heavy atom. The number of rotatable bonds is 1. The molecule has 3 aromatic rings. The van der Waals surface area contributed by atoms with Crippen LogP contribution in [0.15, 0.2) is 73.3 Å². The second-order valence-corrected chi connectivity index (χ2v) is 10.2. The van der Waals surface area contributed by atoms with Crippen LogP contribution in [0, 0.1) is 31.3 Å². The normalized spacial score (nSPS) is 10.2. The van der Waals surface area contributed by atoms with Gasteiger partial charge in [0.05, 0.1) is 23.0 Å².